The maximum Gasteiger partial charge on any atom is 0.419 e. The number of halogens is 4. The number of carbonyl (C=O) groups is 1. The Kier molecular flexibility index (Phi) is 6.14. The van der Waals surface area contributed by atoms with Crippen LogP contribution in [0.15, 0.2) is 22.6 Å². The summed E-state index contributed by atoms with van der Waals surface area (Å²) in [5.41, 5.74) is 1.12. The second-order valence-electron chi connectivity index (χ2n) is 4.86. The zero-order valence-corrected chi connectivity index (χ0v) is 14.1. The molecule has 0 aliphatic rings. The number of phenols is 1. The lowest BCUT2D eigenvalue weighted by molar-refractivity contribution is -0.142. The van der Waals surface area contributed by atoms with Crippen molar-refractivity contribution in [2.75, 3.05) is 12.0 Å². The fourth-order valence-electron chi connectivity index (χ4n) is 1.86. The summed E-state index contributed by atoms with van der Waals surface area (Å²) < 4.78 is 56.0. The van der Waals surface area contributed by atoms with E-state index in [4.69, 9.17) is 4.74 Å². The minimum absolute atomic E-state index is 0.0133. The Bertz CT molecular complexity index is 821. The number of carbonyl (C=O) groups excluding carboxylic acids is 1. The summed E-state index contributed by atoms with van der Waals surface area (Å²) in [5.74, 6) is -3.36. The predicted octanol–water partition coefficient (Wildman–Crippen LogP) is 3.56. The Morgan fingerprint density at radius 3 is 2.85 bits per heavy atom. The van der Waals surface area contributed by atoms with Gasteiger partial charge in [-0.25, -0.2) is 9.37 Å². The standard InChI is InChI=1S/C15H13F4N3O3S/c1-2-25-11(23)5-9-7-26-14(21-9)22-20-6-8-3-4-10(15(17,18)19)12(16)13(8)24/h3-4,6-7,24H,2,5H2,1H3,(H,21,22). The number of hydrogen-bond acceptors (Lipinski definition) is 7. The van der Waals surface area contributed by atoms with Crippen molar-refractivity contribution >= 4 is 28.7 Å². The molecule has 0 aliphatic heterocycles. The maximum atomic E-state index is 13.6. The van der Waals surface area contributed by atoms with Gasteiger partial charge in [0.1, 0.15) is 0 Å². The smallest absolute Gasteiger partial charge is 0.419 e. The zero-order chi connectivity index (χ0) is 19.3. The lowest BCUT2D eigenvalue weighted by atomic mass is 10.1. The Morgan fingerprint density at radius 2 is 2.19 bits per heavy atom. The second kappa shape index (κ2) is 8.13. The number of aromatic hydroxyl groups is 1. The van der Waals surface area contributed by atoms with E-state index in [1.165, 1.54) is 0 Å². The SMILES string of the molecule is CCOC(=O)Cc1csc(NN=Cc2ccc(C(F)(F)F)c(F)c2O)n1. The van der Waals surface area contributed by atoms with Crippen LogP contribution in [0, 0.1) is 5.82 Å². The molecule has 0 unspecified atom stereocenters. The summed E-state index contributed by atoms with van der Waals surface area (Å²) in [6.07, 6.45) is -3.97. The molecule has 2 aromatic rings. The number of anilines is 1. The minimum Gasteiger partial charge on any atom is -0.504 e. The van der Waals surface area contributed by atoms with Crippen LogP contribution in [0.2, 0.25) is 0 Å². The Balaban J connectivity index is 2.04. The molecule has 1 aromatic heterocycles. The highest BCUT2D eigenvalue weighted by Crippen LogP contribution is 2.35. The van der Waals surface area contributed by atoms with Crippen LogP contribution in [0.1, 0.15) is 23.7 Å². The van der Waals surface area contributed by atoms with Gasteiger partial charge in [-0.3, -0.25) is 10.2 Å². The number of aromatic nitrogens is 1. The van der Waals surface area contributed by atoms with Crippen LogP contribution in [-0.2, 0) is 22.1 Å². The van der Waals surface area contributed by atoms with Crippen molar-refractivity contribution < 1.29 is 32.2 Å². The van der Waals surface area contributed by atoms with E-state index in [-0.39, 0.29) is 18.6 Å². The van der Waals surface area contributed by atoms with E-state index >= 15 is 0 Å². The normalized spacial score (nSPS) is 11.7. The number of nitrogens with zero attached hydrogens (tertiary/aromatic N) is 2. The molecule has 1 heterocycles. The molecule has 0 atom stereocenters. The number of nitrogens with one attached hydrogen (secondary N) is 1. The highest BCUT2D eigenvalue weighted by atomic mass is 32.1. The summed E-state index contributed by atoms with van der Waals surface area (Å²) in [5, 5.41) is 15.1. The van der Waals surface area contributed by atoms with Crippen molar-refractivity contribution in [1.29, 1.82) is 0 Å². The lowest BCUT2D eigenvalue weighted by Gasteiger charge is -2.09. The topological polar surface area (TPSA) is 83.8 Å². The Hall–Kier alpha value is -2.69. The fraction of sp³-hybridized carbons (Fsp3) is 0.267. The van der Waals surface area contributed by atoms with Crippen LogP contribution in [0.4, 0.5) is 22.7 Å². The first kappa shape index (κ1) is 19.6. The summed E-state index contributed by atoms with van der Waals surface area (Å²) in [6.45, 7) is 1.94. The monoisotopic (exact) mass is 391 g/mol. The number of hydrazone groups is 1. The Labute approximate surface area is 149 Å². The maximum absolute atomic E-state index is 13.6. The molecule has 0 amide bonds. The number of thiazole rings is 1. The van der Waals surface area contributed by atoms with E-state index in [0.29, 0.717) is 16.9 Å². The average Bonchev–Trinajstić information content (AvgIpc) is 2.97. The third-order valence-electron chi connectivity index (χ3n) is 3.00. The largest absolute Gasteiger partial charge is 0.504 e. The fourth-order valence-corrected chi connectivity index (χ4v) is 2.52. The highest BCUT2D eigenvalue weighted by molar-refractivity contribution is 7.13. The third kappa shape index (κ3) is 4.91. The van der Waals surface area contributed by atoms with E-state index in [1.54, 1.807) is 12.3 Å². The molecule has 0 aliphatic carbocycles. The van der Waals surface area contributed by atoms with Crippen molar-refractivity contribution in [2.45, 2.75) is 19.5 Å². The van der Waals surface area contributed by atoms with Crippen LogP contribution >= 0.6 is 11.3 Å². The van der Waals surface area contributed by atoms with Gasteiger partial charge in [0, 0.05) is 10.9 Å². The van der Waals surface area contributed by atoms with Crippen molar-refractivity contribution in [3.63, 3.8) is 0 Å². The van der Waals surface area contributed by atoms with Gasteiger partial charge < -0.3 is 9.84 Å². The number of benzene rings is 1. The number of rotatable bonds is 6. The van der Waals surface area contributed by atoms with Crippen LogP contribution in [0.5, 0.6) is 5.75 Å². The summed E-state index contributed by atoms with van der Waals surface area (Å²) in [6, 6.07) is 1.40. The molecule has 2 rings (SSSR count). The van der Waals surface area contributed by atoms with Gasteiger partial charge in [-0.1, -0.05) is 0 Å². The van der Waals surface area contributed by atoms with Gasteiger partial charge >= 0.3 is 12.1 Å². The van der Waals surface area contributed by atoms with Crippen LogP contribution in [0.25, 0.3) is 0 Å². The molecule has 0 radical (unpaired) electrons. The minimum atomic E-state index is -4.91. The van der Waals surface area contributed by atoms with Gasteiger partial charge in [0.15, 0.2) is 11.6 Å². The molecule has 26 heavy (non-hydrogen) atoms. The summed E-state index contributed by atoms with van der Waals surface area (Å²) >= 11 is 1.13. The van der Waals surface area contributed by atoms with Crippen molar-refractivity contribution in [3.05, 3.63) is 40.2 Å². The molecule has 140 valence electrons. The number of ether oxygens (including phenoxy) is 1. The van der Waals surface area contributed by atoms with Crippen molar-refractivity contribution in [2.24, 2.45) is 5.10 Å². The van der Waals surface area contributed by atoms with Gasteiger partial charge in [0.25, 0.3) is 0 Å². The number of hydrogen-bond donors (Lipinski definition) is 2. The number of phenolic OH excluding ortho intramolecular Hbond substituents is 1. The molecule has 6 nitrogen and oxygen atoms in total. The van der Waals surface area contributed by atoms with Crippen molar-refractivity contribution in [1.82, 2.24) is 4.98 Å². The Morgan fingerprint density at radius 1 is 1.46 bits per heavy atom. The van der Waals surface area contributed by atoms with E-state index in [1.807, 2.05) is 0 Å². The van der Waals surface area contributed by atoms with Crippen LogP contribution < -0.4 is 5.43 Å². The predicted molar refractivity (Wildman–Crippen MR) is 86.7 cm³/mol. The van der Waals surface area contributed by atoms with Gasteiger partial charge in [-0.15, -0.1) is 11.3 Å². The molecule has 0 fully saturated rings. The van der Waals surface area contributed by atoms with Crippen molar-refractivity contribution in [3.8, 4) is 5.75 Å². The first-order valence-electron chi connectivity index (χ1n) is 7.20. The molecular weight excluding hydrogens is 378 g/mol. The van der Waals surface area contributed by atoms with Gasteiger partial charge in [-0.05, 0) is 19.1 Å². The molecule has 0 bridgehead atoms. The van der Waals surface area contributed by atoms with E-state index < -0.39 is 29.3 Å². The first-order valence-corrected chi connectivity index (χ1v) is 8.08. The lowest BCUT2D eigenvalue weighted by Crippen LogP contribution is -2.09. The first-order chi connectivity index (χ1) is 12.2. The van der Waals surface area contributed by atoms with Crippen LogP contribution in [0.3, 0.4) is 0 Å². The summed E-state index contributed by atoms with van der Waals surface area (Å²) in [7, 11) is 0. The van der Waals surface area contributed by atoms with Gasteiger partial charge in [0.2, 0.25) is 5.13 Å². The molecule has 0 spiro atoms. The summed E-state index contributed by atoms with van der Waals surface area (Å²) in [4.78, 5) is 15.4. The van der Waals surface area contributed by atoms with Gasteiger partial charge in [-0.2, -0.15) is 18.3 Å². The van der Waals surface area contributed by atoms with E-state index in [2.05, 4.69) is 15.5 Å². The highest BCUT2D eigenvalue weighted by Gasteiger charge is 2.35. The molecule has 1 aromatic carbocycles. The quantitative estimate of drug-likeness (QED) is 0.341. The molecule has 11 heteroatoms. The second-order valence-corrected chi connectivity index (χ2v) is 5.72. The van der Waals surface area contributed by atoms with E-state index in [9.17, 15) is 27.5 Å². The van der Waals surface area contributed by atoms with Crippen LogP contribution in [-0.4, -0.2) is 28.9 Å². The van der Waals surface area contributed by atoms with E-state index in [0.717, 1.165) is 23.6 Å². The molecule has 2 N–H and O–H groups in total. The third-order valence-corrected chi connectivity index (χ3v) is 3.79. The molecular formula is C15H13F4N3O3S. The zero-order valence-electron chi connectivity index (χ0n) is 13.3. The number of esters is 1. The molecule has 0 saturated carbocycles. The average molecular weight is 391 g/mol. The molecule has 0 saturated heterocycles. The number of alkyl halides is 3. The van der Waals surface area contributed by atoms with Gasteiger partial charge in [0.05, 0.1) is 30.5 Å².